The molecule has 0 fully saturated rings. The molecule has 2 rings (SSSR count). The van der Waals surface area contributed by atoms with E-state index in [0.29, 0.717) is 0 Å². The summed E-state index contributed by atoms with van der Waals surface area (Å²) in [6.45, 7) is 1.94. The van der Waals surface area contributed by atoms with Crippen molar-refractivity contribution in [3.8, 4) is 0 Å². The largest absolute Gasteiger partial charge is 0.271 e. The summed E-state index contributed by atoms with van der Waals surface area (Å²) in [5.74, 6) is 5.58. The normalized spacial score (nSPS) is 13.0. The van der Waals surface area contributed by atoms with Crippen molar-refractivity contribution in [2.24, 2.45) is 5.84 Å². The molecule has 0 aliphatic heterocycles. The second-order valence-electron chi connectivity index (χ2n) is 2.96. The zero-order valence-corrected chi connectivity index (χ0v) is 11.1. The number of hydrazine groups is 1. The molecule has 0 aliphatic rings. The molecule has 1 unspecified atom stereocenters. The highest BCUT2D eigenvalue weighted by Gasteiger charge is 2.21. The first-order valence-corrected chi connectivity index (χ1v) is 6.66. The molecule has 2 heterocycles. The van der Waals surface area contributed by atoms with Crippen LogP contribution in [0.5, 0.6) is 0 Å². The molecular formula is C8H9BrN4S2. The fourth-order valence-electron chi connectivity index (χ4n) is 1.28. The SMILES string of the molecule is Cc1nnsc1C(NN)c1sccc1Br. The van der Waals surface area contributed by atoms with Gasteiger partial charge >= 0.3 is 0 Å². The van der Waals surface area contributed by atoms with E-state index in [9.17, 15) is 0 Å². The lowest BCUT2D eigenvalue weighted by Gasteiger charge is -2.12. The maximum atomic E-state index is 5.58. The van der Waals surface area contributed by atoms with Gasteiger partial charge in [0.1, 0.15) is 0 Å². The maximum Gasteiger partial charge on any atom is 0.0940 e. The lowest BCUT2D eigenvalue weighted by atomic mass is 10.2. The topological polar surface area (TPSA) is 63.8 Å². The molecule has 15 heavy (non-hydrogen) atoms. The summed E-state index contributed by atoms with van der Waals surface area (Å²) >= 11 is 6.52. The van der Waals surface area contributed by atoms with Crippen molar-refractivity contribution < 1.29 is 0 Å². The Morgan fingerprint density at radius 1 is 1.53 bits per heavy atom. The van der Waals surface area contributed by atoms with Gasteiger partial charge in [0, 0.05) is 9.35 Å². The summed E-state index contributed by atoms with van der Waals surface area (Å²) < 4.78 is 4.97. The van der Waals surface area contributed by atoms with Crippen molar-refractivity contribution in [3.05, 3.63) is 31.4 Å². The van der Waals surface area contributed by atoms with E-state index in [0.717, 1.165) is 19.9 Å². The van der Waals surface area contributed by atoms with Crippen molar-refractivity contribution in [1.82, 2.24) is 15.0 Å². The van der Waals surface area contributed by atoms with E-state index in [4.69, 9.17) is 5.84 Å². The maximum absolute atomic E-state index is 5.58. The van der Waals surface area contributed by atoms with E-state index < -0.39 is 0 Å². The number of hydrogen-bond acceptors (Lipinski definition) is 6. The molecule has 0 bridgehead atoms. The van der Waals surface area contributed by atoms with Crippen LogP contribution in [0.4, 0.5) is 0 Å². The van der Waals surface area contributed by atoms with E-state index in [1.54, 1.807) is 11.3 Å². The fourth-order valence-corrected chi connectivity index (χ4v) is 3.74. The zero-order chi connectivity index (χ0) is 10.8. The fraction of sp³-hybridized carbons (Fsp3) is 0.250. The van der Waals surface area contributed by atoms with Crippen LogP contribution in [0, 0.1) is 6.92 Å². The predicted octanol–water partition coefficient (Wildman–Crippen LogP) is 2.22. The molecule has 0 aliphatic carbocycles. The Morgan fingerprint density at radius 3 is 2.80 bits per heavy atom. The van der Waals surface area contributed by atoms with E-state index >= 15 is 0 Å². The average molecular weight is 305 g/mol. The molecule has 2 aromatic heterocycles. The van der Waals surface area contributed by atoms with E-state index in [2.05, 4.69) is 30.9 Å². The van der Waals surface area contributed by atoms with Crippen molar-refractivity contribution in [1.29, 1.82) is 0 Å². The summed E-state index contributed by atoms with van der Waals surface area (Å²) in [7, 11) is 0. The Balaban J connectivity index is 2.41. The van der Waals surface area contributed by atoms with Gasteiger partial charge in [0.15, 0.2) is 0 Å². The molecule has 0 spiro atoms. The average Bonchev–Trinajstić information content (AvgIpc) is 2.80. The molecule has 0 radical (unpaired) electrons. The third-order valence-corrected chi connectivity index (χ3v) is 4.85. The molecule has 0 aromatic carbocycles. The summed E-state index contributed by atoms with van der Waals surface area (Å²) in [6, 6.07) is 1.98. The van der Waals surface area contributed by atoms with Gasteiger partial charge in [-0.25, -0.2) is 5.43 Å². The van der Waals surface area contributed by atoms with E-state index in [1.165, 1.54) is 11.5 Å². The first-order chi connectivity index (χ1) is 7.24. The number of rotatable bonds is 3. The van der Waals surface area contributed by atoms with Gasteiger partial charge < -0.3 is 0 Å². The van der Waals surface area contributed by atoms with Gasteiger partial charge in [0.25, 0.3) is 0 Å². The predicted molar refractivity (Wildman–Crippen MR) is 65.8 cm³/mol. The smallest absolute Gasteiger partial charge is 0.0940 e. The molecule has 1 atom stereocenters. The quantitative estimate of drug-likeness (QED) is 0.674. The van der Waals surface area contributed by atoms with Crippen LogP contribution in [0.25, 0.3) is 0 Å². The van der Waals surface area contributed by atoms with Gasteiger partial charge in [-0.05, 0) is 45.8 Å². The van der Waals surface area contributed by atoms with Crippen molar-refractivity contribution in [2.45, 2.75) is 13.0 Å². The van der Waals surface area contributed by atoms with Crippen LogP contribution in [-0.2, 0) is 0 Å². The van der Waals surface area contributed by atoms with Crippen LogP contribution < -0.4 is 11.3 Å². The summed E-state index contributed by atoms with van der Waals surface area (Å²) in [5, 5.41) is 6.01. The van der Waals surface area contributed by atoms with Crippen LogP contribution in [0.1, 0.15) is 21.5 Å². The van der Waals surface area contributed by atoms with Gasteiger partial charge in [-0.15, -0.1) is 16.4 Å². The van der Waals surface area contributed by atoms with Gasteiger partial charge in [0.05, 0.1) is 16.6 Å². The molecule has 80 valence electrons. The highest BCUT2D eigenvalue weighted by Crippen LogP contribution is 2.34. The molecule has 7 heteroatoms. The molecule has 0 amide bonds. The highest BCUT2D eigenvalue weighted by molar-refractivity contribution is 9.10. The van der Waals surface area contributed by atoms with Crippen LogP contribution in [0.2, 0.25) is 0 Å². The molecule has 0 saturated heterocycles. The van der Waals surface area contributed by atoms with Gasteiger partial charge in [0.2, 0.25) is 0 Å². The van der Waals surface area contributed by atoms with Crippen molar-refractivity contribution in [2.75, 3.05) is 0 Å². The monoisotopic (exact) mass is 304 g/mol. The van der Waals surface area contributed by atoms with E-state index in [-0.39, 0.29) is 6.04 Å². The Labute approximate surface area is 104 Å². The lowest BCUT2D eigenvalue weighted by molar-refractivity contribution is 0.649. The first-order valence-electron chi connectivity index (χ1n) is 4.22. The minimum absolute atomic E-state index is 0.0284. The minimum Gasteiger partial charge on any atom is -0.271 e. The minimum atomic E-state index is -0.0284. The van der Waals surface area contributed by atoms with Crippen LogP contribution in [0.15, 0.2) is 15.9 Å². The highest BCUT2D eigenvalue weighted by atomic mass is 79.9. The molecule has 3 N–H and O–H groups in total. The van der Waals surface area contributed by atoms with Crippen molar-refractivity contribution >= 4 is 38.8 Å². The Hall–Kier alpha value is -0.340. The van der Waals surface area contributed by atoms with E-state index in [1.807, 2.05) is 18.4 Å². The lowest BCUT2D eigenvalue weighted by Crippen LogP contribution is -2.28. The first kappa shape index (κ1) is 11.2. The number of nitrogens with two attached hydrogens (primary N) is 1. The molecular weight excluding hydrogens is 296 g/mol. The summed E-state index contributed by atoms with van der Waals surface area (Å²) in [5.41, 5.74) is 3.72. The van der Waals surface area contributed by atoms with Gasteiger partial charge in [-0.3, -0.25) is 5.84 Å². The molecule has 2 aromatic rings. The van der Waals surface area contributed by atoms with Gasteiger partial charge in [-0.1, -0.05) is 4.49 Å². The Bertz CT molecular complexity index is 413. The third-order valence-electron chi connectivity index (χ3n) is 2.02. The van der Waals surface area contributed by atoms with Crippen LogP contribution >= 0.6 is 38.8 Å². The van der Waals surface area contributed by atoms with Gasteiger partial charge in [-0.2, -0.15) is 0 Å². The van der Waals surface area contributed by atoms with Crippen LogP contribution in [-0.4, -0.2) is 9.59 Å². The molecule has 0 saturated carbocycles. The summed E-state index contributed by atoms with van der Waals surface area (Å²) in [4.78, 5) is 2.20. The number of nitrogens with zero attached hydrogens (tertiary/aromatic N) is 2. The van der Waals surface area contributed by atoms with Crippen molar-refractivity contribution in [3.63, 3.8) is 0 Å². The second-order valence-corrected chi connectivity index (χ2v) is 5.54. The number of nitrogens with one attached hydrogen (secondary N) is 1. The second kappa shape index (κ2) is 4.67. The molecule has 4 nitrogen and oxygen atoms in total. The van der Waals surface area contributed by atoms with Crippen LogP contribution in [0.3, 0.4) is 0 Å². The Morgan fingerprint density at radius 2 is 2.33 bits per heavy atom. The number of aryl methyl sites for hydroxylation is 1. The summed E-state index contributed by atoms with van der Waals surface area (Å²) in [6.07, 6.45) is 0. The number of aromatic nitrogens is 2. The number of hydrogen-bond donors (Lipinski definition) is 2. The number of thiophene rings is 1. The number of halogens is 1. The zero-order valence-electron chi connectivity index (χ0n) is 7.90. The standard InChI is InChI=1S/C8H9BrN4S2/c1-4-7(15-13-12-4)6(11-10)8-5(9)2-3-14-8/h2-3,6,11H,10H2,1H3. The third kappa shape index (κ3) is 2.11. The Kier molecular flexibility index (Phi) is 3.47.